The van der Waals surface area contributed by atoms with Crippen molar-refractivity contribution in [3.63, 3.8) is 0 Å². The smallest absolute Gasteiger partial charge is 0.434 e. The first kappa shape index (κ1) is 13.2. The minimum Gasteiger partial charge on any atom is -0.434 e. The molecule has 0 atom stereocenters. The van der Waals surface area contributed by atoms with Gasteiger partial charge in [0.05, 0.1) is 6.61 Å². The lowest BCUT2D eigenvalue weighted by molar-refractivity contribution is 0.0260. The molecule has 0 rings (SSSR count). The second-order valence-corrected chi connectivity index (χ2v) is 3.12. The molecule has 0 aliphatic carbocycles. The summed E-state index contributed by atoms with van der Waals surface area (Å²) in [7, 11) is 0. The Kier molecular flexibility index (Phi) is 9.69. The fourth-order valence-electron chi connectivity index (χ4n) is 1.12. The minimum absolute atomic E-state index is 0.324. The van der Waals surface area contributed by atoms with Gasteiger partial charge in [-0.15, -0.1) is 0 Å². The van der Waals surface area contributed by atoms with Crippen LogP contribution in [0.2, 0.25) is 0 Å². The highest BCUT2D eigenvalue weighted by Gasteiger charge is 2.01. The van der Waals surface area contributed by atoms with Crippen LogP contribution in [-0.2, 0) is 9.47 Å². The van der Waals surface area contributed by atoms with Crippen molar-refractivity contribution in [3.8, 4) is 0 Å². The Balaban J connectivity index is 3.01. The van der Waals surface area contributed by atoms with E-state index in [9.17, 15) is 9.18 Å². The van der Waals surface area contributed by atoms with E-state index in [4.69, 9.17) is 0 Å². The van der Waals surface area contributed by atoms with Crippen molar-refractivity contribution in [1.82, 2.24) is 0 Å². The second-order valence-electron chi connectivity index (χ2n) is 3.12. The van der Waals surface area contributed by atoms with Gasteiger partial charge in [-0.3, -0.25) is 0 Å². The van der Waals surface area contributed by atoms with Crippen molar-refractivity contribution in [3.05, 3.63) is 0 Å². The summed E-state index contributed by atoms with van der Waals surface area (Å²) in [5.41, 5.74) is 0. The first-order valence-corrected chi connectivity index (χ1v) is 5.16. The maximum Gasteiger partial charge on any atom is 0.510 e. The summed E-state index contributed by atoms with van der Waals surface area (Å²) in [6.07, 6.45) is 5.82. The van der Waals surface area contributed by atoms with Gasteiger partial charge in [0.25, 0.3) is 0 Å². The molecule has 0 bridgehead atoms. The molecular formula is C10H19FO3. The van der Waals surface area contributed by atoms with Gasteiger partial charge in [0.1, 0.15) is 0 Å². The Morgan fingerprint density at radius 2 is 1.71 bits per heavy atom. The van der Waals surface area contributed by atoms with Crippen molar-refractivity contribution in [2.24, 2.45) is 0 Å². The Hall–Kier alpha value is -0.800. The molecule has 0 aromatic heterocycles. The number of carbonyl (C=O) groups is 1. The molecule has 0 spiro atoms. The average Bonchev–Trinajstić information content (AvgIpc) is 2.17. The molecule has 0 aliphatic rings. The van der Waals surface area contributed by atoms with Gasteiger partial charge in [-0.1, -0.05) is 39.0 Å². The maximum atomic E-state index is 11.4. The quantitative estimate of drug-likeness (QED) is 0.451. The Bertz CT molecular complexity index is 139. The zero-order valence-electron chi connectivity index (χ0n) is 8.76. The molecule has 0 heterocycles. The summed E-state index contributed by atoms with van der Waals surface area (Å²) in [5, 5.41) is 0. The number of ether oxygens (including phenoxy) is 2. The zero-order chi connectivity index (χ0) is 10.6. The first-order chi connectivity index (χ1) is 6.81. The lowest BCUT2D eigenvalue weighted by Gasteiger charge is -2.03. The van der Waals surface area contributed by atoms with E-state index in [1.165, 1.54) is 19.3 Å². The molecule has 3 nitrogen and oxygen atoms in total. The zero-order valence-corrected chi connectivity index (χ0v) is 8.76. The van der Waals surface area contributed by atoms with Crippen LogP contribution in [-0.4, -0.2) is 19.6 Å². The average molecular weight is 206 g/mol. The molecule has 0 radical (unpaired) electrons. The Morgan fingerprint density at radius 1 is 1.07 bits per heavy atom. The van der Waals surface area contributed by atoms with E-state index in [1.54, 1.807) is 0 Å². The summed E-state index contributed by atoms with van der Waals surface area (Å²) < 4.78 is 20.0. The van der Waals surface area contributed by atoms with Gasteiger partial charge < -0.3 is 9.47 Å². The van der Waals surface area contributed by atoms with Crippen LogP contribution in [0, 0.1) is 0 Å². The summed E-state index contributed by atoms with van der Waals surface area (Å²) in [6, 6.07) is 0. The van der Waals surface area contributed by atoms with Crippen LogP contribution in [0.15, 0.2) is 0 Å². The summed E-state index contributed by atoms with van der Waals surface area (Å²) in [5.74, 6) is 0. The SMILES string of the molecule is CCCCCCCCOC(=O)OCF. The fraction of sp³-hybridized carbons (Fsp3) is 0.900. The third-order valence-corrected chi connectivity index (χ3v) is 1.89. The molecule has 4 heteroatoms. The maximum absolute atomic E-state index is 11.4. The highest BCUT2D eigenvalue weighted by Crippen LogP contribution is 2.05. The van der Waals surface area contributed by atoms with Crippen molar-refractivity contribution in [2.75, 3.05) is 13.5 Å². The van der Waals surface area contributed by atoms with Crippen molar-refractivity contribution in [2.45, 2.75) is 45.4 Å². The molecule has 84 valence electrons. The minimum atomic E-state index is -1.12. The van der Waals surface area contributed by atoms with Crippen LogP contribution < -0.4 is 0 Å². The molecule has 0 saturated carbocycles. The number of unbranched alkanes of at least 4 members (excludes halogenated alkanes) is 5. The third kappa shape index (κ3) is 9.29. The third-order valence-electron chi connectivity index (χ3n) is 1.89. The first-order valence-electron chi connectivity index (χ1n) is 5.16. The van der Waals surface area contributed by atoms with E-state index in [-0.39, 0.29) is 0 Å². The standard InChI is InChI=1S/C10H19FO3/c1-2-3-4-5-6-7-8-13-10(12)14-9-11/h2-9H2,1H3. The van der Waals surface area contributed by atoms with E-state index in [0.717, 1.165) is 19.3 Å². The van der Waals surface area contributed by atoms with Gasteiger partial charge in [0, 0.05) is 0 Å². The van der Waals surface area contributed by atoms with Crippen molar-refractivity contribution in [1.29, 1.82) is 0 Å². The molecule has 0 aromatic rings. The number of hydrogen-bond donors (Lipinski definition) is 0. The molecule has 0 aromatic carbocycles. The Labute approximate surface area is 84.6 Å². The highest BCUT2D eigenvalue weighted by atomic mass is 19.1. The number of carbonyl (C=O) groups excluding carboxylic acids is 1. The van der Waals surface area contributed by atoms with E-state index in [0.29, 0.717) is 6.61 Å². The summed E-state index contributed by atoms with van der Waals surface area (Å²) in [6.45, 7) is 1.37. The van der Waals surface area contributed by atoms with Gasteiger partial charge >= 0.3 is 6.16 Å². The highest BCUT2D eigenvalue weighted by molar-refractivity contribution is 5.59. The van der Waals surface area contributed by atoms with Gasteiger partial charge in [0.2, 0.25) is 6.86 Å². The Morgan fingerprint density at radius 3 is 2.36 bits per heavy atom. The van der Waals surface area contributed by atoms with E-state index in [1.807, 2.05) is 0 Å². The second kappa shape index (κ2) is 10.3. The van der Waals surface area contributed by atoms with E-state index in [2.05, 4.69) is 16.4 Å². The molecule has 0 saturated heterocycles. The monoisotopic (exact) mass is 206 g/mol. The lowest BCUT2D eigenvalue weighted by atomic mass is 10.1. The molecule has 0 N–H and O–H groups in total. The van der Waals surface area contributed by atoms with Gasteiger partial charge in [-0.2, -0.15) is 0 Å². The molecule has 0 amide bonds. The van der Waals surface area contributed by atoms with Crippen LogP contribution in [0.4, 0.5) is 9.18 Å². The molecule has 0 fully saturated rings. The number of rotatable bonds is 8. The van der Waals surface area contributed by atoms with Crippen LogP contribution in [0.1, 0.15) is 45.4 Å². The van der Waals surface area contributed by atoms with Crippen molar-refractivity contribution < 1.29 is 18.7 Å². The van der Waals surface area contributed by atoms with Gasteiger partial charge in [0.15, 0.2) is 0 Å². The van der Waals surface area contributed by atoms with Gasteiger partial charge in [-0.05, 0) is 6.42 Å². The van der Waals surface area contributed by atoms with Crippen molar-refractivity contribution >= 4 is 6.16 Å². The summed E-state index contributed by atoms with van der Waals surface area (Å²) >= 11 is 0. The molecule has 0 unspecified atom stereocenters. The topological polar surface area (TPSA) is 35.5 Å². The van der Waals surface area contributed by atoms with Crippen LogP contribution >= 0.6 is 0 Å². The molecule has 0 aliphatic heterocycles. The lowest BCUT2D eigenvalue weighted by Crippen LogP contribution is -2.07. The number of alkyl halides is 1. The van der Waals surface area contributed by atoms with E-state index < -0.39 is 13.0 Å². The predicted octanol–water partition coefficient (Wildman–Crippen LogP) is 3.43. The number of hydrogen-bond acceptors (Lipinski definition) is 3. The predicted molar refractivity (Wildman–Crippen MR) is 51.8 cm³/mol. The van der Waals surface area contributed by atoms with Crippen LogP contribution in [0.25, 0.3) is 0 Å². The molecule has 14 heavy (non-hydrogen) atoms. The molecular weight excluding hydrogens is 187 g/mol. The van der Waals surface area contributed by atoms with Crippen LogP contribution in [0.5, 0.6) is 0 Å². The number of halogens is 1. The normalized spacial score (nSPS) is 9.86. The summed E-state index contributed by atoms with van der Waals surface area (Å²) in [4.78, 5) is 10.5. The van der Waals surface area contributed by atoms with Crippen LogP contribution in [0.3, 0.4) is 0 Å². The largest absolute Gasteiger partial charge is 0.510 e. The fourth-order valence-corrected chi connectivity index (χ4v) is 1.12. The van der Waals surface area contributed by atoms with Gasteiger partial charge in [-0.25, -0.2) is 9.18 Å². The van der Waals surface area contributed by atoms with E-state index >= 15 is 0 Å².